The lowest BCUT2D eigenvalue weighted by atomic mass is 10.2. The quantitative estimate of drug-likeness (QED) is 0.485. The van der Waals surface area contributed by atoms with Crippen molar-refractivity contribution in [2.75, 3.05) is 0 Å². The molecule has 6 heteroatoms. The zero-order chi connectivity index (χ0) is 17.8. The molecule has 0 saturated carbocycles. The van der Waals surface area contributed by atoms with Crippen molar-refractivity contribution < 1.29 is 0 Å². The molecule has 0 spiro atoms. The number of benzene rings is 2. The SMILES string of the molecule is Cc1nnc(SCc2ccc(-n3cccn3)cc2)n1Cc1ccccc1. The normalized spacial score (nSPS) is 11.0. The Hall–Kier alpha value is -2.86. The summed E-state index contributed by atoms with van der Waals surface area (Å²) in [5, 5.41) is 13.8. The third-order valence-electron chi connectivity index (χ3n) is 4.16. The maximum absolute atomic E-state index is 4.35. The first-order chi connectivity index (χ1) is 12.8. The van der Waals surface area contributed by atoms with Crippen LogP contribution < -0.4 is 0 Å². The molecule has 5 nitrogen and oxygen atoms in total. The summed E-state index contributed by atoms with van der Waals surface area (Å²) in [4.78, 5) is 0. The molecule has 0 aliphatic carbocycles. The van der Waals surface area contributed by atoms with E-state index in [1.807, 2.05) is 29.9 Å². The summed E-state index contributed by atoms with van der Waals surface area (Å²) >= 11 is 1.71. The fourth-order valence-corrected chi connectivity index (χ4v) is 3.67. The zero-order valence-corrected chi connectivity index (χ0v) is 15.3. The number of aromatic nitrogens is 5. The van der Waals surface area contributed by atoms with Crippen LogP contribution in [0.2, 0.25) is 0 Å². The summed E-state index contributed by atoms with van der Waals surface area (Å²) in [5.41, 5.74) is 3.56. The van der Waals surface area contributed by atoms with Gasteiger partial charge in [0.2, 0.25) is 0 Å². The van der Waals surface area contributed by atoms with Gasteiger partial charge in [-0.05, 0) is 36.2 Å². The molecule has 0 fully saturated rings. The summed E-state index contributed by atoms with van der Waals surface area (Å²) in [6.07, 6.45) is 3.73. The number of hydrogen-bond acceptors (Lipinski definition) is 4. The van der Waals surface area contributed by atoms with Gasteiger partial charge in [-0.1, -0.05) is 54.2 Å². The van der Waals surface area contributed by atoms with Crippen molar-refractivity contribution in [1.29, 1.82) is 0 Å². The molecule has 26 heavy (non-hydrogen) atoms. The van der Waals surface area contributed by atoms with Gasteiger partial charge in [0.15, 0.2) is 5.16 Å². The van der Waals surface area contributed by atoms with Crippen LogP contribution in [0.3, 0.4) is 0 Å². The van der Waals surface area contributed by atoms with Gasteiger partial charge in [0.25, 0.3) is 0 Å². The van der Waals surface area contributed by atoms with Crippen LogP contribution in [0.5, 0.6) is 0 Å². The van der Waals surface area contributed by atoms with E-state index in [9.17, 15) is 0 Å². The third kappa shape index (κ3) is 3.70. The second kappa shape index (κ2) is 7.58. The van der Waals surface area contributed by atoms with Crippen LogP contribution in [-0.4, -0.2) is 24.5 Å². The molecule has 2 heterocycles. The largest absolute Gasteiger partial charge is 0.302 e. The van der Waals surface area contributed by atoms with Crippen LogP contribution in [0.1, 0.15) is 17.0 Å². The van der Waals surface area contributed by atoms with Crippen molar-refractivity contribution in [2.45, 2.75) is 24.4 Å². The molecular weight excluding hydrogens is 342 g/mol. The first kappa shape index (κ1) is 16.6. The Labute approximate surface area is 156 Å². The number of thioether (sulfide) groups is 1. The van der Waals surface area contributed by atoms with Gasteiger partial charge in [0.05, 0.1) is 12.2 Å². The number of hydrogen-bond donors (Lipinski definition) is 0. The minimum Gasteiger partial charge on any atom is -0.302 e. The van der Waals surface area contributed by atoms with Gasteiger partial charge in [0.1, 0.15) is 5.82 Å². The second-order valence-electron chi connectivity index (χ2n) is 6.01. The molecule has 2 aromatic heterocycles. The molecule has 0 saturated heterocycles. The van der Waals surface area contributed by atoms with Crippen molar-refractivity contribution in [1.82, 2.24) is 24.5 Å². The van der Waals surface area contributed by atoms with Crippen LogP contribution in [-0.2, 0) is 12.3 Å². The molecule has 0 aliphatic heterocycles. The monoisotopic (exact) mass is 361 g/mol. The van der Waals surface area contributed by atoms with Gasteiger partial charge in [-0.2, -0.15) is 5.10 Å². The Balaban J connectivity index is 1.45. The van der Waals surface area contributed by atoms with E-state index < -0.39 is 0 Å². The van der Waals surface area contributed by atoms with E-state index in [0.717, 1.165) is 29.0 Å². The highest BCUT2D eigenvalue weighted by molar-refractivity contribution is 7.98. The Morgan fingerprint density at radius 3 is 2.42 bits per heavy atom. The van der Waals surface area contributed by atoms with Crippen molar-refractivity contribution in [3.05, 3.63) is 90.0 Å². The fourth-order valence-electron chi connectivity index (χ4n) is 2.73. The number of aryl methyl sites for hydroxylation is 1. The average Bonchev–Trinajstić information content (AvgIpc) is 3.33. The summed E-state index contributed by atoms with van der Waals surface area (Å²) in [6.45, 7) is 2.79. The summed E-state index contributed by atoms with van der Waals surface area (Å²) in [5.74, 6) is 1.79. The lowest BCUT2D eigenvalue weighted by Gasteiger charge is -2.09. The Morgan fingerprint density at radius 2 is 1.69 bits per heavy atom. The van der Waals surface area contributed by atoms with Gasteiger partial charge in [0, 0.05) is 18.1 Å². The Morgan fingerprint density at radius 1 is 0.885 bits per heavy atom. The van der Waals surface area contributed by atoms with Gasteiger partial charge < -0.3 is 4.57 Å². The summed E-state index contributed by atoms with van der Waals surface area (Å²) < 4.78 is 4.02. The topological polar surface area (TPSA) is 48.5 Å². The number of rotatable bonds is 6. The summed E-state index contributed by atoms with van der Waals surface area (Å²) in [6, 6.07) is 20.8. The molecule has 130 valence electrons. The summed E-state index contributed by atoms with van der Waals surface area (Å²) in [7, 11) is 0. The van der Waals surface area contributed by atoms with Crippen LogP contribution >= 0.6 is 11.8 Å². The molecule has 4 aromatic rings. The highest BCUT2D eigenvalue weighted by Gasteiger charge is 2.10. The van der Waals surface area contributed by atoms with Crippen LogP contribution in [0.4, 0.5) is 0 Å². The molecule has 4 rings (SSSR count). The van der Waals surface area contributed by atoms with E-state index in [0.29, 0.717) is 0 Å². The smallest absolute Gasteiger partial charge is 0.191 e. The minimum absolute atomic E-state index is 0.792. The minimum atomic E-state index is 0.792. The molecule has 0 bridgehead atoms. The van der Waals surface area contributed by atoms with Crippen LogP contribution in [0, 0.1) is 6.92 Å². The fraction of sp³-hybridized carbons (Fsp3) is 0.150. The molecule has 2 aromatic carbocycles. The Kier molecular flexibility index (Phi) is 4.84. The molecule has 0 aliphatic rings. The van der Waals surface area contributed by atoms with Gasteiger partial charge >= 0.3 is 0 Å². The van der Waals surface area contributed by atoms with Crippen LogP contribution in [0.25, 0.3) is 5.69 Å². The predicted molar refractivity (Wildman–Crippen MR) is 103 cm³/mol. The van der Waals surface area contributed by atoms with E-state index in [1.54, 1.807) is 18.0 Å². The molecule has 0 atom stereocenters. The van der Waals surface area contributed by atoms with Crippen molar-refractivity contribution in [3.63, 3.8) is 0 Å². The lowest BCUT2D eigenvalue weighted by molar-refractivity contribution is 0.688. The van der Waals surface area contributed by atoms with E-state index in [4.69, 9.17) is 0 Å². The van der Waals surface area contributed by atoms with Crippen molar-refractivity contribution in [3.8, 4) is 5.69 Å². The third-order valence-corrected chi connectivity index (χ3v) is 5.20. The lowest BCUT2D eigenvalue weighted by Crippen LogP contribution is -2.03. The molecule has 0 radical (unpaired) electrons. The van der Waals surface area contributed by atoms with Crippen molar-refractivity contribution in [2.24, 2.45) is 0 Å². The van der Waals surface area contributed by atoms with Crippen molar-refractivity contribution >= 4 is 11.8 Å². The first-order valence-electron chi connectivity index (χ1n) is 8.45. The zero-order valence-electron chi connectivity index (χ0n) is 14.5. The highest BCUT2D eigenvalue weighted by Crippen LogP contribution is 2.23. The molecule has 0 N–H and O–H groups in total. The highest BCUT2D eigenvalue weighted by atomic mass is 32.2. The molecular formula is C20H19N5S. The molecule has 0 amide bonds. The van der Waals surface area contributed by atoms with E-state index in [1.165, 1.54) is 11.1 Å². The predicted octanol–water partition coefficient (Wildman–Crippen LogP) is 4.11. The van der Waals surface area contributed by atoms with E-state index >= 15 is 0 Å². The maximum Gasteiger partial charge on any atom is 0.191 e. The Bertz CT molecular complexity index is 959. The van der Waals surface area contributed by atoms with E-state index in [2.05, 4.69) is 68.4 Å². The van der Waals surface area contributed by atoms with Crippen LogP contribution in [0.15, 0.2) is 78.2 Å². The van der Waals surface area contributed by atoms with E-state index in [-0.39, 0.29) is 0 Å². The van der Waals surface area contributed by atoms with Gasteiger partial charge in [-0.3, -0.25) is 0 Å². The number of nitrogens with zero attached hydrogens (tertiary/aromatic N) is 5. The standard InChI is InChI=1S/C20H19N5S/c1-16-22-23-20(24(16)14-17-6-3-2-4-7-17)26-15-18-8-10-19(11-9-18)25-13-5-12-21-25/h2-13H,14-15H2,1H3. The average molecular weight is 361 g/mol. The van der Waals surface area contributed by atoms with Gasteiger partial charge in [-0.15, -0.1) is 10.2 Å². The molecule has 0 unspecified atom stereocenters. The second-order valence-corrected chi connectivity index (χ2v) is 6.95. The van der Waals surface area contributed by atoms with Gasteiger partial charge in [-0.25, -0.2) is 4.68 Å². The first-order valence-corrected chi connectivity index (χ1v) is 9.43. The maximum atomic E-state index is 4.35.